The molecule has 152 valence electrons. The quantitative estimate of drug-likeness (QED) is 0.799. The first kappa shape index (κ1) is 19.8. The highest BCUT2D eigenvalue weighted by Gasteiger charge is 2.26. The van der Waals surface area contributed by atoms with Crippen molar-refractivity contribution in [2.24, 2.45) is 0 Å². The summed E-state index contributed by atoms with van der Waals surface area (Å²) in [6.45, 7) is 8.36. The fourth-order valence-electron chi connectivity index (χ4n) is 4.43. The fourth-order valence-corrected chi connectivity index (χ4v) is 4.43. The Morgan fingerprint density at radius 1 is 1.21 bits per heavy atom. The smallest absolute Gasteiger partial charge is 0.219 e. The SMILES string of the molecule is CC(=O)N1CCCC(c2ncc3c(n2)CCN(C/C(C)=C/c2ccccc2)C3)C1. The summed E-state index contributed by atoms with van der Waals surface area (Å²) in [7, 11) is 0. The zero-order valence-electron chi connectivity index (χ0n) is 17.5. The maximum atomic E-state index is 11.7. The summed E-state index contributed by atoms with van der Waals surface area (Å²) in [6.07, 6.45) is 7.35. The molecule has 4 rings (SSSR count). The van der Waals surface area contributed by atoms with Gasteiger partial charge in [-0.2, -0.15) is 0 Å². The zero-order chi connectivity index (χ0) is 20.2. The molecule has 1 unspecified atom stereocenters. The first-order chi connectivity index (χ1) is 14.1. The van der Waals surface area contributed by atoms with E-state index in [-0.39, 0.29) is 11.8 Å². The van der Waals surface area contributed by atoms with Gasteiger partial charge in [-0.3, -0.25) is 9.69 Å². The molecule has 1 aromatic heterocycles. The number of carbonyl (C=O) groups excluding carboxylic acids is 1. The molecule has 5 heteroatoms. The van der Waals surface area contributed by atoms with Crippen LogP contribution >= 0.6 is 0 Å². The molecule has 0 aliphatic carbocycles. The van der Waals surface area contributed by atoms with Crippen molar-refractivity contribution in [2.45, 2.75) is 45.6 Å². The van der Waals surface area contributed by atoms with Gasteiger partial charge < -0.3 is 4.90 Å². The lowest BCUT2D eigenvalue weighted by molar-refractivity contribution is -0.130. The monoisotopic (exact) mass is 390 g/mol. The van der Waals surface area contributed by atoms with Crippen LogP contribution in [0.4, 0.5) is 0 Å². The number of hydrogen-bond acceptors (Lipinski definition) is 4. The number of hydrogen-bond donors (Lipinski definition) is 0. The molecule has 0 bridgehead atoms. The van der Waals surface area contributed by atoms with Gasteiger partial charge in [0, 0.05) is 69.4 Å². The Hall–Kier alpha value is -2.53. The summed E-state index contributed by atoms with van der Waals surface area (Å²) in [5.41, 5.74) is 5.05. The van der Waals surface area contributed by atoms with Crippen LogP contribution in [0.1, 0.15) is 55.3 Å². The van der Waals surface area contributed by atoms with Crippen LogP contribution in [0.2, 0.25) is 0 Å². The normalized spacial score (nSPS) is 20.4. The molecule has 29 heavy (non-hydrogen) atoms. The van der Waals surface area contributed by atoms with Gasteiger partial charge in [-0.25, -0.2) is 9.97 Å². The zero-order valence-corrected chi connectivity index (χ0v) is 17.5. The maximum absolute atomic E-state index is 11.7. The Labute approximate surface area is 173 Å². The molecule has 1 fully saturated rings. The summed E-state index contributed by atoms with van der Waals surface area (Å²) in [5, 5.41) is 0. The average Bonchev–Trinajstić information content (AvgIpc) is 2.74. The van der Waals surface area contributed by atoms with Crippen LogP contribution in [-0.2, 0) is 17.8 Å². The molecule has 1 atom stereocenters. The van der Waals surface area contributed by atoms with E-state index in [9.17, 15) is 4.79 Å². The van der Waals surface area contributed by atoms with Crippen molar-refractivity contribution in [3.8, 4) is 0 Å². The highest BCUT2D eigenvalue weighted by Crippen LogP contribution is 2.26. The second kappa shape index (κ2) is 8.87. The number of piperidine rings is 1. The number of likely N-dealkylation sites (tertiary alicyclic amines) is 1. The number of nitrogens with zero attached hydrogens (tertiary/aromatic N) is 4. The van der Waals surface area contributed by atoms with Crippen LogP contribution in [-0.4, -0.2) is 51.9 Å². The minimum absolute atomic E-state index is 0.155. The Morgan fingerprint density at radius 2 is 2.03 bits per heavy atom. The molecule has 0 saturated carbocycles. The maximum Gasteiger partial charge on any atom is 0.219 e. The summed E-state index contributed by atoms with van der Waals surface area (Å²) in [6, 6.07) is 10.5. The predicted octanol–water partition coefficient (Wildman–Crippen LogP) is 3.66. The van der Waals surface area contributed by atoms with Crippen molar-refractivity contribution >= 4 is 12.0 Å². The van der Waals surface area contributed by atoms with Crippen LogP contribution < -0.4 is 0 Å². The minimum Gasteiger partial charge on any atom is -0.342 e. The number of rotatable bonds is 4. The lowest BCUT2D eigenvalue weighted by atomic mass is 9.96. The lowest BCUT2D eigenvalue weighted by Gasteiger charge is -2.32. The van der Waals surface area contributed by atoms with E-state index in [0.717, 1.165) is 57.8 Å². The highest BCUT2D eigenvalue weighted by atomic mass is 16.2. The number of fused-ring (bicyclic) bond motifs is 1. The molecule has 0 spiro atoms. The predicted molar refractivity (Wildman–Crippen MR) is 115 cm³/mol. The van der Waals surface area contributed by atoms with Gasteiger partial charge in [0.2, 0.25) is 5.91 Å². The molecule has 3 heterocycles. The molecule has 1 amide bonds. The van der Waals surface area contributed by atoms with E-state index in [4.69, 9.17) is 9.97 Å². The van der Waals surface area contributed by atoms with Gasteiger partial charge in [-0.05, 0) is 25.3 Å². The van der Waals surface area contributed by atoms with E-state index >= 15 is 0 Å². The van der Waals surface area contributed by atoms with Crippen molar-refractivity contribution < 1.29 is 4.79 Å². The second-order valence-electron chi connectivity index (χ2n) is 8.37. The molecule has 1 aromatic carbocycles. The third-order valence-electron chi connectivity index (χ3n) is 5.95. The summed E-state index contributed by atoms with van der Waals surface area (Å²) in [5.74, 6) is 1.34. The van der Waals surface area contributed by atoms with E-state index in [1.165, 1.54) is 22.4 Å². The van der Waals surface area contributed by atoms with E-state index in [1.807, 2.05) is 17.2 Å². The molecule has 0 N–H and O–H groups in total. The van der Waals surface area contributed by atoms with Gasteiger partial charge in [0.25, 0.3) is 0 Å². The Morgan fingerprint density at radius 3 is 2.83 bits per heavy atom. The average molecular weight is 391 g/mol. The molecular formula is C24H30N4O. The van der Waals surface area contributed by atoms with Crippen LogP contribution in [0.5, 0.6) is 0 Å². The lowest BCUT2D eigenvalue weighted by Crippen LogP contribution is -2.38. The van der Waals surface area contributed by atoms with Gasteiger partial charge in [0.05, 0.1) is 0 Å². The number of carbonyl (C=O) groups is 1. The van der Waals surface area contributed by atoms with Crippen molar-refractivity contribution in [1.29, 1.82) is 0 Å². The van der Waals surface area contributed by atoms with Crippen molar-refractivity contribution in [3.05, 3.63) is 64.7 Å². The number of amides is 1. The van der Waals surface area contributed by atoms with E-state index in [0.29, 0.717) is 0 Å². The second-order valence-corrected chi connectivity index (χ2v) is 8.37. The number of aromatic nitrogens is 2. The standard InChI is InChI=1S/C24H30N4O/c1-18(13-20-7-4-3-5-8-20)15-27-12-10-23-22(16-27)14-25-24(26-23)21-9-6-11-28(17-21)19(2)29/h3-5,7-8,13-14,21H,6,9-12,15-17H2,1-2H3/b18-13+. The van der Waals surface area contributed by atoms with Crippen molar-refractivity contribution in [2.75, 3.05) is 26.2 Å². The molecule has 2 aromatic rings. The van der Waals surface area contributed by atoms with Gasteiger partial charge >= 0.3 is 0 Å². The van der Waals surface area contributed by atoms with Crippen molar-refractivity contribution in [3.63, 3.8) is 0 Å². The van der Waals surface area contributed by atoms with Crippen molar-refractivity contribution in [1.82, 2.24) is 19.8 Å². The molecule has 1 saturated heterocycles. The largest absolute Gasteiger partial charge is 0.342 e. The molecule has 0 radical (unpaired) electrons. The Bertz CT molecular complexity index is 893. The molecule has 2 aliphatic heterocycles. The first-order valence-electron chi connectivity index (χ1n) is 10.6. The van der Waals surface area contributed by atoms with Gasteiger partial charge in [0.1, 0.15) is 5.82 Å². The van der Waals surface area contributed by atoms with Gasteiger partial charge in [-0.15, -0.1) is 0 Å². The number of benzene rings is 1. The van der Waals surface area contributed by atoms with E-state index in [1.54, 1.807) is 6.92 Å². The third-order valence-corrected chi connectivity index (χ3v) is 5.95. The highest BCUT2D eigenvalue weighted by molar-refractivity contribution is 5.73. The molecular weight excluding hydrogens is 360 g/mol. The van der Waals surface area contributed by atoms with Crippen LogP contribution in [0.3, 0.4) is 0 Å². The first-order valence-corrected chi connectivity index (χ1v) is 10.6. The third kappa shape index (κ3) is 4.91. The Kier molecular flexibility index (Phi) is 6.05. The van der Waals surface area contributed by atoms with E-state index in [2.05, 4.69) is 42.2 Å². The summed E-state index contributed by atoms with van der Waals surface area (Å²) >= 11 is 0. The summed E-state index contributed by atoms with van der Waals surface area (Å²) < 4.78 is 0. The van der Waals surface area contributed by atoms with Gasteiger partial charge in [-0.1, -0.05) is 42.0 Å². The van der Waals surface area contributed by atoms with Crippen LogP contribution in [0, 0.1) is 0 Å². The van der Waals surface area contributed by atoms with E-state index < -0.39 is 0 Å². The fraction of sp³-hybridized carbons (Fsp3) is 0.458. The molecule has 2 aliphatic rings. The van der Waals surface area contributed by atoms with Gasteiger partial charge in [0.15, 0.2) is 0 Å². The molecule has 5 nitrogen and oxygen atoms in total. The Balaban J connectivity index is 1.40. The summed E-state index contributed by atoms with van der Waals surface area (Å²) in [4.78, 5) is 25.7. The topological polar surface area (TPSA) is 49.3 Å². The van der Waals surface area contributed by atoms with Crippen LogP contribution in [0.25, 0.3) is 6.08 Å². The van der Waals surface area contributed by atoms with Crippen LogP contribution in [0.15, 0.2) is 42.1 Å². The minimum atomic E-state index is 0.155.